The van der Waals surface area contributed by atoms with Crippen LogP contribution >= 0.6 is 11.3 Å². The summed E-state index contributed by atoms with van der Waals surface area (Å²) < 4.78 is 0. The van der Waals surface area contributed by atoms with Gasteiger partial charge >= 0.3 is 0 Å². The molecule has 0 spiro atoms. The molecule has 1 atom stereocenters. The maximum absolute atomic E-state index is 3.68. The average Bonchev–Trinajstić information content (AvgIpc) is 2.93. The molecule has 0 bridgehead atoms. The highest BCUT2D eigenvalue weighted by Crippen LogP contribution is 2.34. The van der Waals surface area contributed by atoms with Gasteiger partial charge in [-0.1, -0.05) is 6.92 Å². The summed E-state index contributed by atoms with van der Waals surface area (Å²) in [6.45, 7) is 5.55. The summed E-state index contributed by atoms with van der Waals surface area (Å²) in [6, 6.07) is 0.759. The van der Waals surface area contributed by atoms with E-state index in [1.54, 1.807) is 0 Å². The standard InChI is InChI=1S/C12H19NS/c1-3-12(10-4-5-10)13-6-11-8-14-7-9(11)2/h7-8,10,12-13H,3-6H2,1-2H3. The van der Waals surface area contributed by atoms with Crippen molar-refractivity contribution in [3.63, 3.8) is 0 Å². The molecular weight excluding hydrogens is 190 g/mol. The van der Waals surface area contributed by atoms with Gasteiger partial charge in [0.25, 0.3) is 0 Å². The smallest absolute Gasteiger partial charge is 0.0219 e. The molecule has 14 heavy (non-hydrogen) atoms. The molecule has 0 aliphatic heterocycles. The summed E-state index contributed by atoms with van der Waals surface area (Å²) in [7, 11) is 0. The second-order valence-corrected chi connectivity index (χ2v) is 5.06. The average molecular weight is 209 g/mol. The minimum atomic E-state index is 0.759. The fourth-order valence-corrected chi connectivity index (χ4v) is 2.81. The molecule has 1 unspecified atom stereocenters. The highest BCUT2D eigenvalue weighted by Gasteiger charge is 2.29. The second-order valence-electron chi connectivity index (χ2n) is 4.31. The maximum atomic E-state index is 3.68. The fraction of sp³-hybridized carbons (Fsp3) is 0.667. The molecule has 0 saturated heterocycles. The van der Waals surface area contributed by atoms with Crippen LogP contribution < -0.4 is 5.32 Å². The van der Waals surface area contributed by atoms with Crippen molar-refractivity contribution in [2.24, 2.45) is 5.92 Å². The van der Waals surface area contributed by atoms with Crippen LogP contribution in [0.15, 0.2) is 10.8 Å². The fourth-order valence-electron chi connectivity index (χ4n) is 1.95. The van der Waals surface area contributed by atoms with E-state index in [9.17, 15) is 0 Å². The number of nitrogens with one attached hydrogen (secondary N) is 1. The third kappa shape index (κ3) is 2.37. The Hall–Kier alpha value is -0.340. The Morgan fingerprint density at radius 3 is 2.79 bits per heavy atom. The maximum Gasteiger partial charge on any atom is 0.0219 e. The summed E-state index contributed by atoms with van der Waals surface area (Å²) in [4.78, 5) is 0. The minimum Gasteiger partial charge on any atom is -0.310 e. The zero-order chi connectivity index (χ0) is 9.97. The minimum absolute atomic E-state index is 0.759. The molecule has 2 rings (SSSR count). The van der Waals surface area contributed by atoms with Crippen molar-refractivity contribution in [1.29, 1.82) is 0 Å². The van der Waals surface area contributed by atoms with Gasteiger partial charge in [0.2, 0.25) is 0 Å². The Kier molecular flexibility index (Phi) is 3.24. The first-order valence-electron chi connectivity index (χ1n) is 5.56. The zero-order valence-corrected chi connectivity index (χ0v) is 9.86. The highest BCUT2D eigenvalue weighted by molar-refractivity contribution is 7.08. The van der Waals surface area contributed by atoms with Crippen LogP contribution in [-0.2, 0) is 6.54 Å². The Morgan fingerprint density at radius 1 is 1.50 bits per heavy atom. The zero-order valence-electron chi connectivity index (χ0n) is 9.05. The van der Waals surface area contributed by atoms with E-state index in [1.807, 2.05) is 11.3 Å². The SMILES string of the molecule is CCC(NCc1cscc1C)C1CC1. The van der Waals surface area contributed by atoms with Gasteiger partial charge in [0.15, 0.2) is 0 Å². The Labute approximate surface area is 90.5 Å². The molecule has 1 aliphatic carbocycles. The second kappa shape index (κ2) is 4.45. The molecule has 1 aromatic heterocycles. The Morgan fingerprint density at radius 2 is 2.29 bits per heavy atom. The summed E-state index contributed by atoms with van der Waals surface area (Å²) in [5.74, 6) is 0.971. The number of hydrogen-bond donors (Lipinski definition) is 1. The van der Waals surface area contributed by atoms with Crippen molar-refractivity contribution >= 4 is 11.3 Å². The summed E-state index contributed by atoms with van der Waals surface area (Å²) in [6.07, 6.45) is 4.15. The lowest BCUT2D eigenvalue weighted by Crippen LogP contribution is -2.29. The highest BCUT2D eigenvalue weighted by atomic mass is 32.1. The largest absolute Gasteiger partial charge is 0.310 e. The molecule has 1 aromatic rings. The molecular formula is C12H19NS. The normalized spacial score (nSPS) is 18.4. The monoisotopic (exact) mass is 209 g/mol. The molecule has 1 fully saturated rings. The Balaban J connectivity index is 1.83. The molecule has 78 valence electrons. The van der Waals surface area contributed by atoms with E-state index in [4.69, 9.17) is 0 Å². The lowest BCUT2D eigenvalue weighted by Gasteiger charge is -2.15. The summed E-state index contributed by atoms with van der Waals surface area (Å²) in [5, 5.41) is 8.18. The quantitative estimate of drug-likeness (QED) is 0.784. The van der Waals surface area contributed by atoms with Gasteiger partial charge in [0.1, 0.15) is 0 Å². The lowest BCUT2D eigenvalue weighted by atomic mass is 10.1. The molecule has 1 aliphatic rings. The van der Waals surface area contributed by atoms with Gasteiger partial charge in [0.05, 0.1) is 0 Å². The predicted octanol–water partition coefficient (Wildman–Crippen LogP) is 3.33. The van der Waals surface area contributed by atoms with Crippen molar-refractivity contribution in [2.45, 2.75) is 45.7 Å². The number of hydrogen-bond acceptors (Lipinski definition) is 2. The van der Waals surface area contributed by atoms with Crippen molar-refractivity contribution in [1.82, 2.24) is 5.32 Å². The molecule has 0 amide bonds. The molecule has 1 N–H and O–H groups in total. The topological polar surface area (TPSA) is 12.0 Å². The van der Waals surface area contributed by atoms with Gasteiger partial charge in [-0.2, -0.15) is 11.3 Å². The number of thiophene rings is 1. The summed E-state index contributed by atoms with van der Waals surface area (Å²) in [5.41, 5.74) is 2.92. The van der Waals surface area contributed by atoms with E-state index >= 15 is 0 Å². The van der Waals surface area contributed by atoms with Crippen LogP contribution in [0.3, 0.4) is 0 Å². The van der Waals surface area contributed by atoms with Gasteiger partial charge in [0, 0.05) is 12.6 Å². The van der Waals surface area contributed by atoms with E-state index in [2.05, 4.69) is 29.9 Å². The van der Waals surface area contributed by atoms with Crippen molar-refractivity contribution in [3.05, 3.63) is 21.9 Å². The van der Waals surface area contributed by atoms with E-state index in [1.165, 1.54) is 30.4 Å². The van der Waals surface area contributed by atoms with Gasteiger partial charge in [-0.3, -0.25) is 0 Å². The van der Waals surface area contributed by atoms with Gasteiger partial charge < -0.3 is 5.32 Å². The number of aryl methyl sites for hydroxylation is 1. The molecule has 0 aromatic carbocycles. The van der Waals surface area contributed by atoms with Gasteiger partial charge in [-0.25, -0.2) is 0 Å². The summed E-state index contributed by atoms with van der Waals surface area (Å²) >= 11 is 1.81. The van der Waals surface area contributed by atoms with Crippen LogP contribution in [0, 0.1) is 12.8 Å². The van der Waals surface area contributed by atoms with Crippen LogP contribution in [-0.4, -0.2) is 6.04 Å². The van der Waals surface area contributed by atoms with E-state index < -0.39 is 0 Å². The van der Waals surface area contributed by atoms with Crippen LogP contribution in [0.2, 0.25) is 0 Å². The van der Waals surface area contributed by atoms with Crippen LogP contribution in [0.4, 0.5) is 0 Å². The Bertz CT molecular complexity index is 288. The molecule has 1 nitrogen and oxygen atoms in total. The van der Waals surface area contributed by atoms with Crippen molar-refractivity contribution in [3.8, 4) is 0 Å². The lowest BCUT2D eigenvalue weighted by molar-refractivity contribution is 0.449. The van der Waals surface area contributed by atoms with E-state index in [0.29, 0.717) is 0 Å². The van der Waals surface area contributed by atoms with E-state index in [-0.39, 0.29) is 0 Å². The molecule has 1 heterocycles. The van der Waals surface area contributed by atoms with Gasteiger partial charge in [-0.15, -0.1) is 0 Å². The van der Waals surface area contributed by atoms with E-state index in [0.717, 1.165) is 18.5 Å². The van der Waals surface area contributed by atoms with Crippen LogP contribution in [0.5, 0.6) is 0 Å². The van der Waals surface area contributed by atoms with Crippen molar-refractivity contribution in [2.75, 3.05) is 0 Å². The van der Waals surface area contributed by atoms with Crippen LogP contribution in [0.25, 0.3) is 0 Å². The molecule has 1 saturated carbocycles. The third-order valence-corrected chi connectivity index (χ3v) is 4.06. The first-order valence-corrected chi connectivity index (χ1v) is 6.50. The first kappa shape index (κ1) is 10.2. The molecule has 2 heteroatoms. The van der Waals surface area contributed by atoms with Crippen LogP contribution in [0.1, 0.15) is 37.3 Å². The first-order chi connectivity index (χ1) is 6.81. The van der Waals surface area contributed by atoms with Crippen molar-refractivity contribution < 1.29 is 0 Å². The van der Waals surface area contributed by atoms with Gasteiger partial charge in [-0.05, 0) is 54.0 Å². The number of rotatable bonds is 5. The predicted molar refractivity (Wildman–Crippen MR) is 62.7 cm³/mol. The molecule has 0 radical (unpaired) electrons. The third-order valence-electron chi connectivity index (χ3n) is 3.15.